The molecule has 0 rings (SSSR count). The molecule has 0 spiro atoms. The van der Waals surface area contributed by atoms with Crippen molar-refractivity contribution in [1.82, 2.24) is 4.90 Å². The molecular weight excluding hydrogens is 158 g/mol. The van der Waals surface area contributed by atoms with Crippen molar-refractivity contribution in [1.29, 1.82) is 0 Å². The summed E-state index contributed by atoms with van der Waals surface area (Å²) >= 11 is 0. The average molecular weight is 183 g/mol. The first-order chi connectivity index (χ1) is 6.09. The maximum atomic E-state index is 3.88. The van der Waals surface area contributed by atoms with Gasteiger partial charge in [-0.3, -0.25) is 0 Å². The molecule has 0 saturated heterocycles. The van der Waals surface area contributed by atoms with Crippen LogP contribution in [0.2, 0.25) is 0 Å². The van der Waals surface area contributed by atoms with E-state index in [0.717, 1.165) is 5.70 Å². The van der Waals surface area contributed by atoms with Crippen molar-refractivity contribution < 1.29 is 0 Å². The molecular formula is C12H25N. The van der Waals surface area contributed by atoms with Gasteiger partial charge in [-0.25, -0.2) is 0 Å². The fourth-order valence-corrected chi connectivity index (χ4v) is 0.519. The summed E-state index contributed by atoms with van der Waals surface area (Å²) in [6.07, 6.45) is 2.06. The van der Waals surface area contributed by atoms with Gasteiger partial charge in [-0.15, -0.1) is 13.2 Å². The van der Waals surface area contributed by atoms with Crippen LogP contribution in [0.1, 0.15) is 27.7 Å². The van der Waals surface area contributed by atoms with Crippen LogP contribution < -0.4 is 0 Å². The standard InChI is InChI=1S/C8H15N.C2H6.C2H4/c1-6-7(2)8(3)9(4)5;2*1-2/h6H,3H2,1-2,4-5H3;1-2H3;1-2H2/b7-6-;;. The highest BCUT2D eigenvalue weighted by Crippen LogP contribution is 2.07. The second-order valence-corrected chi connectivity index (χ2v) is 2.31. The highest BCUT2D eigenvalue weighted by molar-refractivity contribution is 5.23. The van der Waals surface area contributed by atoms with Gasteiger partial charge in [0.1, 0.15) is 0 Å². The van der Waals surface area contributed by atoms with E-state index in [1.54, 1.807) is 0 Å². The van der Waals surface area contributed by atoms with Gasteiger partial charge in [-0.2, -0.15) is 0 Å². The molecule has 0 saturated carbocycles. The SMILES string of the molecule is C=C.C=C(/C(C)=C\C)N(C)C.CC. The molecule has 13 heavy (non-hydrogen) atoms. The Kier molecular flexibility index (Phi) is 18.8. The van der Waals surface area contributed by atoms with Crippen LogP contribution in [-0.4, -0.2) is 19.0 Å². The zero-order chi connectivity index (χ0) is 11.4. The number of hydrogen-bond donors (Lipinski definition) is 0. The van der Waals surface area contributed by atoms with Gasteiger partial charge in [0.25, 0.3) is 0 Å². The van der Waals surface area contributed by atoms with Crippen molar-refractivity contribution >= 4 is 0 Å². The topological polar surface area (TPSA) is 3.24 Å². The largest absolute Gasteiger partial charge is 0.378 e. The summed E-state index contributed by atoms with van der Waals surface area (Å²) in [6, 6.07) is 0. The van der Waals surface area contributed by atoms with Crippen molar-refractivity contribution in [3.63, 3.8) is 0 Å². The van der Waals surface area contributed by atoms with Crippen LogP contribution in [0.25, 0.3) is 0 Å². The number of nitrogens with zero attached hydrogens (tertiary/aromatic N) is 1. The molecule has 78 valence electrons. The molecule has 0 N–H and O–H groups in total. The minimum atomic E-state index is 1.08. The number of rotatable bonds is 2. The van der Waals surface area contributed by atoms with Crippen LogP contribution in [0.5, 0.6) is 0 Å². The molecule has 0 heterocycles. The second-order valence-electron chi connectivity index (χ2n) is 2.31. The maximum absolute atomic E-state index is 3.88. The molecule has 0 aromatic carbocycles. The Morgan fingerprint density at radius 1 is 1.15 bits per heavy atom. The minimum absolute atomic E-state index is 1.08. The lowest BCUT2D eigenvalue weighted by molar-refractivity contribution is 0.524. The zero-order valence-electron chi connectivity index (χ0n) is 10.1. The first kappa shape index (κ1) is 17.9. The van der Waals surface area contributed by atoms with E-state index >= 15 is 0 Å². The van der Waals surface area contributed by atoms with Gasteiger partial charge in [0.05, 0.1) is 0 Å². The third-order valence-electron chi connectivity index (χ3n) is 1.43. The third kappa shape index (κ3) is 11.0. The van der Waals surface area contributed by atoms with Gasteiger partial charge in [-0.1, -0.05) is 26.5 Å². The summed E-state index contributed by atoms with van der Waals surface area (Å²) < 4.78 is 0. The molecule has 0 fully saturated rings. The van der Waals surface area contributed by atoms with Gasteiger partial charge in [0.15, 0.2) is 0 Å². The van der Waals surface area contributed by atoms with Gasteiger partial charge in [-0.05, 0) is 19.4 Å². The second kappa shape index (κ2) is 13.6. The van der Waals surface area contributed by atoms with Gasteiger partial charge >= 0.3 is 0 Å². The van der Waals surface area contributed by atoms with E-state index in [-0.39, 0.29) is 0 Å². The summed E-state index contributed by atoms with van der Waals surface area (Å²) in [5.74, 6) is 0. The van der Waals surface area contributed by atoms with Crippen LogP contribution in [0, 0.1) is 0 Å². The van der Waals surface area contributed by atoms with Crippen LogP contribution >= 0.6 is 0 Å². The Hall–Kier alpha value is -0.980. The maximum Gasteiger partial charge on any atom is 0.0314 e. The monoisotopic (exact) mass is 183 g/mol. The lowest BCUT2D eigenvalue weighted by Gasteiger charge is -2.15. The van der Waals surface area contributed by atoms with Gasteiger partial charge in [0.2, 0.25) is 0 Å². The third-order valence-corrected chi connectivity index (χ3v) is 1.43. The summed E-state index contributed by atoms with van der Waals surface area (Å²) in [6.45, 7) is 18.0. The van der Waals surface area contributed by atoms with E-state index in [1.165, 1.54) is 5.57 Å². The quantitative estimate of drug-likeness (QED) is 0.464. The van der Waals surface area contributed by atoms with Crippen LogP contribution in [0.4, 0.5) is 0 Å². The van der Waals surface area contributed by atoms with E-state index in [4.69, 9.17) is 0 Å². The first-order valence-electron chi connectivity index (χ1n) is 4.59. The van der Waals surface area contributed by atoms with Crippen molar-refractivity contribution in [3.05, 3.63) is 37.1 Å². The molecule has 1 nitrogen and oxygen atoms in total. The molecule has 0 aromatic heterocycles. The van der Waals surface area contributed by atoms with Gasteiger partial charge < -0.3 is 4.90 Å². The molecule has 0 aromatic rings. The van der Waals surface area contributed by atoms with Crippen molar-refractivity contribution in [3.8, 4) is 0 Å². The highest BCUT2D eigenvalue weighted by atomic mass is 15.1. The van der Waals surface area contributed by atoms with Crippen molar-refractivity contribution in [2.75, 3.05) is 14.1 Å². The van der Waals surface area contributed by atoms with E-state index in [1.807, 2.05) is 39.8 Å². The summed E-state index contributed by atoms with van der Waals surface area (Å²) in [7, 11) is 3.99. The fraction of sp³-hybridized carbons (Fsp3) is 0.500. The van der Waals surface area contributed by atoms with Crippen LogP contribution in [0.3, 0.4) is 0 Å². The fourth-order valence-electron chi connectivity index (χ4n) is 0.519. The van der Waals surface area contributed by atoms with Crippen molar-refractivity contribution in [2.45, 2.75) is 27.7 Å². The van der Waals surface area contributed by atoms with Crippen molar-refractivity contribution in [2.24, 2.45) is 0 Å². The summed E-state index contributed by atoms with van der Waals surface area (Å²) in [5.41, 5.74) is 2.32. The Morgan fingerprint density at radius 3 is 1.54 bits per heavy atom. The molecule has 1 heteroatoms. The Morgan fingerprint density at radius 2 is 1.46 bits per heavy atom. The van der Waals surface area contributed by atoms with E-state index < -0.39 is 0 Å². The molecule has 0 aliphatic carbocycles. The molecule has 0 radical (unpaired) electrons. The predicted molar refractivity (Wildman–Crippen MR) is 64.9 cm³/mol. The molecule has 0 aliphatic heterocycles. The minimum Gasteiger partial charge on any atom is -0.378 e. The molecule has 0 atom stereocenters. The summed E-state index contributed by atoms with van der Waals surface area (Å²) in [5, 5.41) is 0. The zero-order valence-corrected chi connectivity index (χ0v) is 10.1. The molecule has 0 aliphatic rings. The van der Waals surface area contributed by atoms with Gasteiger partial charge in [0, 0.05) is 19.8 Å². The lowest BCUT2D eigenvalue weighted by atomic mass is 10.2. The van der Waals surface area contributed by atoms with E-state index in [2.05, 4.69) is 32.7 Å². The Balaban J connectivity index is -0.000000218. The smallest absolute Gasteiger partial charge is 0.0314 e. The van der Waals surface area contributed by atoms with Crippen LogP contribution in [-0.2, 0) is 0 Å². The average Bonchev–Trinajstić information content (AvgIpc) is 2.21. The number of allylic oxidation sites excluding steroid dienone is 2. The molecule has 0 bridgehead atoms. The number of likely N-dealkylation sites (N-methyl/N-ethyl adjacent to an activating group) is 1. The Bertz CT molecular complexity index is 143. The first-order valence-corrected chi connectivity index (χ1v) is 4.59. The normalized spacial score (nSPS) is 8.62. The molecule has 0 unspecified atom stereocenters. The van der Waals surface area contributed by atoms with Crippen LogP contribution in [0.15, 0.2) is 37.1 Å². The van der Waals surface area contributed by atoms with E-state index in [9.17, 15) is 0 Å². The highest BCUT2D eigenvalue weighted by Gasteiger charge is 1.94. The predicted octanol–water partition coefficient (Wildman–Crippen LogP) is 3.86. The summed E-state index contributed by atoms with van der Waals surface area (Å²) in [4.78, 5) is 2.01. The molecule has 0 amide bonds. The number of hydrogen-bond acceptors (Lipinski definition) is 1. The lowest BCUT2D eigenvalue weighted by Crippen LogP contribution is -2.10. The van der Waals surface area contributed by atoms with E-state index in [0.29, 0.717) is 0 Å². The Labute approximate surface area is 84.5 Å².